The fourth-order valence-electron chi connectivity index (χ4n) is 3.21. The Morgan fingerprint density at radius 3 is 2.75 bits per heavy atom. The van der Waals surface area contributed by atoms with Gasteiger partial charge in [0.1, 0.15) is 12.1 Å². The van der Waals surface area contributed by atoms with Gasteiger partial charge in [-0.05, 0) is 24.8 Å². The molecular weight excluding hydrogens is 382 g/mol. The summed E-state index contributed by atoms with van der Waals surface area (Å²) in [6.07, 6.45) is 2.49. The Bertz CT molecular complexity index is 970. The van der Waals surface area contributed by atoms with Crippen LogP contribution in [0.3, 0.4) is 0 Å². The van der Waals surface area contributed by atoms with E-state index in [2.05, 4.69) is 19.9 Å². The van der Waals surface area contributed by atoms with Gasteiger partial charge >= 0.3 is 0 Å². The van der Waals surface area contributed by atoms with Gasteiger partial charge < -0.3 is 19.3 Å². The molecule has 1 N–H and O–H groups in total. The van der Waals surface area contributed by atoms with Crippen LogP contribution in [0.4, 0.5) is 5.82 Å². The maximum Gasteiger partial charge on any atom is 0.291 e. The minimum absolute atomic E-state index is 0.0797. The standard InChI is InChI=1S/C17H19N5O2S.CH2O2/c1-11-14(24-12(2)20-11)17(23)22-6-3-5-21(7-8-22)16-15-13(4-9-25-15)18-10-19-16;2-1-3/h4,9-10H,3,5-8H2,1-2H3;1H,(H,2,3). The number of oxazole rings is 1. The van der Waals surface area contributed by atoms with Gasteiger partial charge in [-0.1, -0.05) is 0 Å². The third kappa shape index (κ3) is 4.11. The zero-order chi connectivity index (χ0) is 20.1. The number of rotatable bonds is 2. The van der Waals surface area contributed by atoms with Crippen LogP contribution in [0, 0.1) is 13.8 Å². The molecule has 0 aliphatic carbocycles. The van der Waals surface area contributed by atoms with Crippen LogP contribution < -0.4 is 4.90 Å². The van der Waals surface area contributed by atoms with Gasteiger partial charge in [-0.2, -0.15) is 0 Å². The average molecular weight is 403 g/mol. The quantitative estimate of drug-likeness (QED) is 0.649. The van der Waals surface area contributed by atoms with E-state index < -0.39 is 0 Å². The van der Waals surface area contributed by atoms with Crippen molar-refractivity contribution in [3.05, 3.63) is 35.1 Å². The number of carboxylic acid groups (broad SMARTS) is 1. The van der Waals surface area contributed by atoms with Gasteiger partial charge in [0.25, 0.3) is 12.4 Å². The fraction of sp³-hybridized carbons (Fsp3) is 0.389. The lowest BCUT2D eigenvalue weighted by Crippen LogP contribution is -2.35. The van der Waals surface area contributed by atoms with E-state index in [1.807, 2.05) is 23.3 Å². The summed E-state index contributed by atoms with van der Waals surface area (Å²) in [7, 11) is 0. The number of hydrogen-bond acceptors (Lipinski definition) is 8. The first kappa shape index (κ1) is 19.7. The molecule has 4 rings (SSSR count). The van der Waals surface area contributed by atoms with E-state index in [0.29, 0.717) is 30.4 Å². The maximum absolute atomic E-state index is 12.8. The van der Waals surface area contributed by atoms with Gasteiger partial charge in [-0.15, -0.1) is 11.3 Å². The normalized spacial score (nSPS) is 14.4. The van der Waals surface area contributed by atoms with Crippen molar-refractivity contribution in [2.24, 2.45) is 0 Å². The molecular formula is C18H21N5O4S. The van der Waals surface area contributed by atoms with Crippen molar-refractivity contribution in [3.8, 4) is 0 Å². The summed E-state index contributed by atoms with van der Waals surface area (Å²) in [5, 5.41) is 8.92. The molecule has 1 aliphatic rings. The van der Waals surface area contributed by atoms with Crippen LogP contribution in [0.5, 0.6) is 0 Å². The third-order valence-electron chi connectivity index (χ3n) is 4.40. The van der Waals surface area contributed by atoms with Crippen LogP contribution >= 0.6 is 11.3 Å². The largest absolute Gasteiger partial charge is 0.483 e. The van der Waals surface area contributed by atoms with Crippen LogP contribution in [-0.4, -0.2) is 63.5 Å². The summed E-state index contributed by atoms with van der Waals surface area (Å²) in [6.45, 7) is 6.25. The van der Waals surface area contributed by atoms with Gasteiger partial charge in [-0.3, -0.25) is 9.59 Å². The number of thiophene rings is 1. The second kappa shape index (κ2) is 8.79. The highest BCUT2D eigenvalue weighted by Crippen LogP contribution is 2.28. The Kier molecular flexibility index (Phi) is 6.19. The van der Waals surface area contributed by atoms with Crippen molar-refractivity contribution < 1.29 is 19.1 Å². The molecule has 0 aromatic carbocycles. The van der Waals surface area contributed by atoms with E-state index in [1.54, 1.807) is 24.6 Å². The van der Waals surface area contributed by atoms with Crippen molar-refractivity contribution in [1.29, 1.82) is 0 Å². The molecule has 9 nitrogen and oxygen atoms in total. The highest BCUT2D eigenvalue weighted by atomic mass is 32.1. The summed E-state index contributed by atoms with van der Waals surface area (Å²) in [5.41, 5.74) is 1.62. The lowest BCUT2D eigenvalue weighted by Gasteiger charge is -2.22. The van der Waals surface area contributed by atoms with Gasteiger partial charge in [0, 0.05) is 33.1 Å². The number of aryl methyl sites for hydroxylation is 2. The summed E-state index contributed by atoms with van der Waals surface area (Å²) >= 11 is 1.65. The number of nitrogens with zero attached hydrogens (tertiary/aromatic N) is 5. The Labute approximate surface area is 165 Å². The van der Waals surface area contributed by atoms with E-state index in [-0.39, 0.29) is 12.4 Å². The number of carbonyl (C=O) groups excluding carboxylic acids is 1. The SMILES string of the molecule is Cc1nc(C)c(C(=O)N2CCCN(c3ncnc4ccsc34)CC2)o1.O=CO. The van der Waals surface area contributed by atoms with Gasteiger partial charge in [0.15, 0.2) is 5.89 Å². The molecule has 0 radical (unpaired) electrons. The minimum Gasteiger partial charge on any atom is -0.483 e. The molecule has 0 spiro atoms. The average Bonchev–Trinajstić information content (AvgIpc) is 3.20. The molecule has 148 valence electrons. The second-order valence-electron chi connectivity index (χ2n) is 6.22. The molecule has 0 atom stereocenters. The lowest BCUT2D eigenvalue weighted by molar-refractivity contribution is -0.122. The Hall–Kier alpha value is -3.01. The predicted molar refractivity (Wildman–Crippen MR) is 105 cm³/mol. The number of amides is 1. The van der Waals surface area contributed by atoms with Crippen LogP contribution in [-0.2, 0) is 4.79 Å². The van der Waals surface area contributed by atoms with E-state index in [1.165, 1.54) is 0 Å². The van der Waals surface area contributed by atoms with Crippen LogP contribution in [0.15, 0.2) is 22.2 Å². The minimum atomic E-state index is -0.250. The van der Waals surface area contributed by atoms with Gasteiger partial charge in [0.2, 0.25) is 5.76 Å². The molecule has 3 aromatic heterocycles. The van der Waals surface area contributed by atoms with E-state index in [4.69, 9.17) is 14.3 Å². The molecule has 3 aromatic rings. The molecule has 1 saturated heterocycles. The molecule has 1 aliphatic heterocycles. The van der Waals surface area contributed by atoms with Crippen molar-refractivity contribution in [3.63, 3.8) is 0 Å². The summed E-state index contributed by atoms with van der Waals surface area (Å²) in [6, 6.07) is 2.01. The fourth-order valence-corrected chi connectivity index (χ4v) is 4.07. The molecule has 0 bridgehead atoms. The van der Waals surface area contributed by atoms with Crippen LogP contribution in [0.1, 0.15) is 28.6 Å². The Balaban J connectivity index is 0.000000706. The highest BCUT2D eigenvalue weighted by molar-refractivity contribution is 7.17. The lowest BCUT2D eigenvalue weighted by atomic mass is 10.3. The smallest absolute Gasteiger partial charge is 0.291 e. The van der Waals surface area contributed by atoms with E-state index >= 15 is 0 Å². The maximum atomic E-state index is 12.8. The van der Waals surface area contributed by atoms with Crippen molar-refractivity contribution in [2.75, 3.05) is 31.1 Å². The monoisotopic (exact) mass is 403 g/mol. The molecule has 1 amide bonds. The third-order valence-corrected chi connectivity index (χ3v) is 5.30. The molecule has 10 heteroatoms. The zero-order valence-corrected chi connectivity index (χ0v) is 16.5. The van der Waals surface area contributed by atoms with E-state index in [9.17, 15) is 4.79 Å². The van der Waals surface area contributed by atoms with Gasteiger partial charge in [-0.25, -0.2) is 15.0 Å². The number of aromatic nitrogens is 3. The van der Waals surface area contributed by atoms with Crippen molar-refractivity contribution >= 4 is 39.8 Å². The number of carbonyl (C=O) groups is 2. The predicted octanol–water partition coefficient (Wildman–Crippen LogP) is 2.35. The summed E-state index contributed by atoms with van der Waals surface area (Å²) < 4.78 is 6.59. The molecule has 28 heavy (non-hydrogen) atoms. The number of fused-ring (bicyclic) bond motifs is 1. The van der Waals surface area contributed by atoms with Crippen LogP contribution in [0.25, 0.3) is 10.2 Å². The highest BCUT2D eigenvalue weighted by Gasteiger charge is 2.26. The number of hydrogen-bond donors (Lipinski definition) is 1. The second-order valence-corrected chi connectivity index (χ2v) is 7.13. The number of anilines is 1. The molecule has 4 heterocycles. The first-order chi connectivity index (χ1) is 13.5. The molecule has 0 unspecified atom stereocenters. The first-order valence-corrected chi connectivity index (χ1v) is 9.67. The Morgan fingerprint density at radius 2 is 2.04 bits per heavy atom. The van der Waals surface area contributed by atoms with Crippen molar-refractivity contribution in [1.82, 2.24) is 19.9 Å². The summed E-state index contributed by atoms with van der Waals surface area (Å²) in [4.78, 5) is 38.2. The topological polar surface area (TPSA) is 113 Å². The summed E-state index contributed by atoms with van der Waals surface area (Å²) in [5.74, 6) is 1.76. The van der Waals surface area contributed by atoms with Crippen molar-refractivity contribution in [2.45, 2.75) is 20.3 Å². The van der Waals surface area contributed by atoms with Crippen LogP contribution in [0.2, 0.25) is 0 Å². The zero-order valence-electron chi connectivity index (χ0n) is 15.7. The molecule has 0 saturated carbocycles. The Morgan fingerprint density at radius 1 is 1.25 bits per heavy atom. The van der Waals surface area contributed by atoms with E-state index in [0.717, 1.165) is 35.5 Å². The first-order valence-electron chi connectivity index (χ1n) is 8.79. The molecule has 1 fully saturated rings. The van der Waals surface area contributed by atoms with Gasteiger partial charge in [0.05, 0.1) is 15.9 Å².